The number of aryl methyl sites for hydroxylation is 2. The third kappa shape index (κ3) is 4.58. The molecule has 0 aliphatic heterocycles. The Kier molecular flexibility index (Phi) is 6.69. The minimum Gasteiger partial charge on any atom is -0.383 e. The first kappa shape index (κ1) is 20.6. The van der Waals surface area contributed by atoms with Crippen molar-refractivity contribution in [3.8, 4) is 0 Å². The summed E-state index contributed by atoms with van der Waals surface area (Å²) in [6.07, 6.45) is 4.27. The molecular weight excluding hydrogens is 426 g/mol. The summed E-state index contributed by atoms with van der Waals surface area (Å²) >= 11 is 4.56. The summed E-state index contributed by atoms with van der Waals surface area (Å²) < 4.78 is 6.87. The van der Waals surface area contributed by atoms with Gasteiger partial charge in [-0.1, -0.05) is 17.8 Å². The fourth-order valence-electron chi connectivity index (χ4n) is 3.49. The second-order valence-electron chi connectivity index (χ2n) is 6.88. The lowest BCUT2D eigenvalue weighted by Crippen LogP contribution is -2.27. The van der Waals surface area contributed by atoms with Gasteiger partial charge in [0.25, 0.3) is 5.56 Å². The predicted octanol–water partition coefficient (Wildman–Crippen LogP) is 3.45. The van der Waals surface area contributed by atoms with Gasteiger partial charge in [0.15, 0.2) is 5.16 Å². The van der Waals surface area contributed by atoms with Crippen LogP contribution in [0.15, 0.2) is 27.5 Å². The molecule has 154 valence electrons. The number of carbonyl (C=O) groups is 1. The van der Waals surface area contributed by atoms with Gasteiger partial charge in [-0.15, -0.1) is 22.7 Å². The fraction of sp³-hybridized carbons (Fsp3) is 0.450. The lowest BCUT2D eigenvalue weighted by molar-refractivity contribution is -0.118. The number of methoxy groups -OCH3 is 1. The van der Waals surface area contributed by atoms with E-state index in [1.807, 2.05) is 17.5 Å². The molecule has 3 aromatic rings. The van der Waals surface area contributed by atoms with E-state index in [1.165, 1.54) is 28.6 Å². The maximum atomic E-state index is 13.3. The normalized spacial score (nSPS) is 13.6. The summed E-state index contributed by atoms with van der Waals surface area (Å²) in [7, 11) is 1.62. The molecule has 3 aromatic heterocycles. The van der Waals surface area contributed by atoms with Crippen LogP contribution in [0.2, 0.25) is 0 Å². The summed E-state index contributed by atoms with van der Waals surface area (Å²) in [6.45, 7) is 1.39. The van der Waals surface area contributed by atoms with Crippen molar-refractivity contribution in [2.75, 3.05) is 19.5 Å². The molecule has 4 rings (SSSR count). The zero-order chi connectivity index (χ0) is 20.2. The molecule has 0 saturated carbocycles. The number of nitrogens with one attached hydrogen (secondary N) is 1. The molecule has 1 aliphatic rings. The quantitative estimate of drug-likeness (QED) is 0.421. The van der Waals surface area contributed by atoms with E-state index in [1.54, 1.807) is 34.4 Å². The summed E-state index contributed by atoms with van der Waals surface area (Å²) in [6, 6.07) is 3.96. The van der Waals surface area contributed by atoms with Crippen molar-refractivity contribution in [1.29, 1.82) is 0 Å². The third-order valence-corrected chi connectivity index (χ3v) is 7.97. The number of fused-ring (bicyclic) bond motifs is 3. The standard InChI is InChI=1S/C20H23N3O3S3/c1-26-9-8-23-19(25)17-14-6-2-3-7-15(14)29-18(17)22-20(23)28-12-16(24)21-11-13-5-4-10-27-13/h4-5,10H,2-3,6-9,11-12H2,1H3,(H,21,24). The first-order valence-electron chi connectivity index (χ1n) is 9.63. The Bertz CT molecular complexity index is 1060. The molecule has 0 unspecified atom stereocenters. The number of aromatic nitrogens is 2. The van der Waals surface area contributed by atoms with Crippen LogP contribution in [0.4, 0.5) is 0 Å². The highest BCUT2D eigenvalue weighted by molar-refractivity contribution is 7.99. The maximum absolute atomic E-state index is 13.3. The molecule has 0 spiro atoms. The molecule has 3 heterocycles. The van der Waals surface area contributed by atoms with E-state index in [4.69, 9.17) is 9.72 Å². The molecule has 0 saturated heterocycles. The Morgan fingerprint density at radius 1 is 1.38 bits per heavy atom. The van der Waals surface area contributed by atoms with Crippen LogP contribution in [0.1, 0.15) is 28.2 Å². The largest absolute Gasteiger partial charge is 0.383 e. The Balaban J connectivity index is 1.56. The number of amides is 1. The number of hydrogen-bond donors (Lipinski definition) is 1. The lowest BCUT2D eigenvalue weighted by atomic mass is 9.97. The van der Waals surface area contributed by atoms with E-state index in [-0.39, 0.29) is 17.2 Å². The van der Waals surface area contributed by atoms with Crippen molar-refractivity contribution in [3.05, 3.63) is 43.2 Å². The maximum Gasteiger partial charge on any atom is 0.263 e. The van der Waals surface area contributed by atoms with Crippen LogP contribution in [0, 0.1) is 0 Å². The number of carbonyl (C=O) groups excluding carboxylic acids is 1. The van der Waals surface area contributed by atoms with Gasteiger partial charge in [0, 0.05) is 16.9 Å². The van der Waals surface area contributed by atoms with Crippen LogP contribution in [0.25, 0.3) is 10.2 Å². The molecular formula is C20H23N3O3S3. The SMILES string of the molecule is COCCn1c(SCC(=O)NCc2cccs2)nc2sc3c(c2c1=O)CCCC3. The smallest absolute Gasteiger partial charge is 0.263 e. The number of thioether (sulfide) groups is 1. The Morgan fingerprint density at radius 2 is 2.24 bits per heavy atom. The molecule has 0 radical (unpaired) electrons. The average molecular weight is 450 g/mol. The van der Waals surface area contributed by atoms with Crippen LogP contribution in [0.3, 0.4) is 0 Å². The highest BCUT2D eigenvalue weighted by Crippen LogP contribution is 2.34. The topological polar surface area (TPSA) is 73.2 Å². The molecule has 0 aromatic carbocycles. The van der Waals surface area contributed by atoms with Gasteiger partial charge in [0.2, 0.25) is 5.91 Å². The summed E-state index contributed by atoms with van der Waals surface area (Å²) in [4.78, 5) is 33.6. The number of thiophene rings is 2. The van der Waals surface area contributed by atoms with Gasteiger partial charge in [-0.2, -0.15) is 0 Å². The second-order valence-corrected chi connectivity index (χ2v) is 9.94. The first-order valence-corrected chi connectivity index (χ1v) is 12.3. The number of nitrogens with zero attached hydrogens (tertiary/aromatic N) is 2. The predicted molar refractivity (Wildman–Crippen MR) is 119 cm³/mol. The summed E-state index contributed by atoms with van der Waals surface area (Å²) in [5.41, 5.74) is 1.18. The van der Waals surface area contributed by atoms with Crippen LogP contribution in [-0.4, -0.2) is 34.9 Å². The molecule has 0 atom stereocenters. The number of hydrogen-bond acceptors (Lipinski definition) is 7. The fourth-order valence-corrected chi connectivity index (χ4v) is 6.29. The molecule has 29 heavy (non-hydrogen) atoms. The molecule has 1 N–H and O–H groups in total. The van der Waals surface area contributed by atoms with Gasteiger partial charge in [0.05, 0.1) is 30.8 Å². The van der Waals surface area contributed by atoms with Crippen molar-refractivity contribution < 1.29 is 9.53 Å². The van der Waals surface area contributed by atoms with Gasteiger partial charge in [-0.3, -0.25) is 14.2 Å². The average Bonchev–Trinajstić information content (AvgIpc) is 3.37. The Hall–Kier alpha value is -1.68. The van der Waals surface area contributed by atoms with Crippen LogP contribution in [-0.2, 0) is 35.5 Å². The first-order chi connectivity index (χ1) is 14.2. The van der Waals surface area contributed by atoms with Gasteiger partial charge < -0.3 is 10.1 Å². The Morgan fingerprint density at radius 3 is 3.03 bits per heavy atom. The monoisotopic (exact) mass is 449 g/mol. The van der Waals surface area contributed by atoms with Crippen molar-refractivity contribution in [2.45, 2.75) is 43.9 Å². The van der Waals surface area contributed by atoms with Crippen LogP contribution in [0.5, 0.6) is 0 Å². The highest BCUT2D eigenvalue weighted by atomic mass is 32.2. The van der Waals surface area contributed by atoms with Gasteiger partial charge in [-0.25, -0.2) is 4.98 Å². The summed E-state index contributed by atoms with van der Waals surface area (Å²) in [5.74, 6) is 0.156. The van der Waals surface area contributed by atoms with E-state index in [9.17, 15) is 9.59 Å². The number of ether oxygens (including phenoxy) is 1. The highest BCUT2D eigenvalue weighted by Gasteiger charge is 2.22. The second kappa shape index (κ2) is 9.42. The van der Waals surface area contributed by atoms with E-state index in [2.05, 4.69) is 5.32 Å². The van der Waals surface area contributed by atoms with Crippen LogP contribution < -0.4 is 10.9 Å². The van der Waals surface area contributed by atoms with E-state index in [0.29, 0.717) is 24.9 Å². The van der Waals surface area contributed by atoms with E-state index < -0.39 is 0 Å². The summed E-state index contributed by atoms with van der Waals surface area (Å²) in [5, 5.41) is 6.27. The lowest BCUT2D eigenvalue weighted by Gasteiger charge is -2.13. The van der Waals surface area contributed by atoms with Gasteiger partial charge >= 0.3 is 0 Å². The molecule has 6 nitrogen and oxygen atoms in total. The van der Waals surface area contributed by atoms with Crippen molar-refractivity contribution in [2.24, 2.45) is 0 Å². The molecule has 9 heteroatoms. The molecule has 0 bridgehead atoms. The van der Waals surface area contributed by atoms with Crippen molar-refractivity contribution in [3.63, 3.8) is 0 Å². The minimum atomic E-state index is -0.0680. The van der Waals surface area contributed by atoms with Crippen molar-refractivity contribution >= 4 is 50.6 Å². The van der Waals surface area contributed by atoms with Crippen LogP contribution >= 0.6 is 34.4 Å². The zero-order valence-electron chi connectivity index (χ0n) is 16.2. The zero-order valence-corrected chi connectivity index (χ0v) is 18.7. The Labute approximate surface area is 181 Å². The molecule has 1 amide bonds. The molecule has 0 fully saturated rings. The molecule has 1 aliphatic carbocycles. The number of rotatable bonds is 8. The van der Waals surface area contributed by atoms with E-state index in [0.717, 1.165) is 34.4 Å². The third-order valence-electron chi connectivity index (χ3n) is 4.93. The van der Waals surface area contributed by atoms with Crippen molar-refractivity contribution in [1.82, 2.24) is 14.9 Å². The van der Waals surface area contributed by atoms with Gasteiger partial charge in [0.1, 0.15) is 4.83 Å². The van der Waals surface area contributed by atoms with E-state index >= 15 is 0 Å². The minimum absolute atomic E-state index is 0.00653. The van der Waals surface area contributed by atoms with Gasteiger partial charge in [-0.05, 0) is 42.7 Å².